The molecule has 4 heterocycles. The van der Waals surface area contributed by atoms with Crippen molar-refractivity contribution in [2.24, 2.45) is 4.99 Å². The normalized spacial score (nSPS) is 18.0. The predicted molar refractivity (Wildman–Crippen MR) is 243 cm³/mol. The van der Waals surface area contributed by atoms with E-state index in [-0.39, 0.29) is 18.4 Å². The van der Waals surface area contributed by atoms with E-state index in [1.54, 1.807) is 0 Å². The summed E-state index contributed by atoms with van der Waals surface area (Å²) in [4.78, 5) is 6.62. The molecule has 3 atom stereocenters. The third kappa shape index (κ3) is 5.40. The fourth-order valence-corrected chi connectivity index (χ4v) is 11.5. The lowest BCUT2D eigenvalue weighted by Crippen LogP contribution is -2.44. The lowest BCUT2D eigenvalue weighted by atomic mass is 9.94. The van der Waals surface area contributed by atoms with Gasteiger partial charge in [0.15, 0.2) is 0 Å². The van der Waals surface area contributed by atoms with E-state index in [4.69, 9.17) is 4.99 Å². The summed E-state index contributed by atoms with van der Waals surface area (Å²) in [6.45, 7) is 0. The van der Waals surface area contributed by atoms with Crippen molar-refractivity contribution in [3.63, 3.8) is 0 Å². The van der Waals surface area contributed by atoms with Gasteiger partial charge in [-0.3, -0.25) is 5.32 Å². The van der Waals surface area contributed by atoms with E-state index in [9.17, 15) is 0 Å². The van der Waals surface area contributed by atoms with Gasteiger partial charge in [-0.25, -0.2) is 4.99 Å². The average molecular weight is 769 g/mol. The summed E-state index contributed by atoms with van der Waals surface area (Å²) in [6, 6.07) is 59.8. The Kier molecular flexibility index (Phi) is 7.58. The van der Waals surface area contributed by atoms with Crippen molar-refractivity contribution in [3.05, 3.63) is 197 Å². The minimum absolute atomic E-state index is 0.0732. The predicted octanol–water partition coefficient (Wildman–Crippen LogP) is 13.2. The van der Waals surface area contributed by atoms with Gasteiger partial charge in [0, 0.05) is 57.1 Å². The second-order valence-electron chi connectivity index (χ2n) is 15.1. The monoisotopic (exact) mass is 768 g/mol. The molecule has 0 saturated heterocycles. The number of aromatic nitrogens is 1. The van der Waals surface area contributed by atoms with Crippen LogP contribution in [-0.4, -0.2) is 10.4 Å². The summed E-state index contributed by atoms with van der Waals surface area (Å²) in [5.41, 5.74) is 10.0. The summed E-state index contributed by atoms with van der Waals surface area (Å²) in [5.74, 6) is 0.897. The second kappa shape index (κ2) is 13.1. The highest BCUT2D eigenvalue weighted by atomic mass is 32.1. The van der Waals surface area contributed by atoms with Crippen LogP contribution in [0.5, 0.6) is 0 Å². The Bertz CT molecular complexity index is 3190. The van der Waals surface area contributed by atoms with Gasteiger partial charge in [-0.05, 0) is 82.1 Å². The molecule has 10 aromatic rings. The van der Waals surface area contributed by atoms with Gasteiger partial charge in [0.25, 0.3) is 0 Å². The van der Waals surface area contributed by atoms with E-state index in [0.29, 0.717) is 0 Å². The van der Waals surface area contributed by atoms with E-state index >= 15 is 0 Å². The van der Waals surface area contributed by atoms with Gasteiger partial charge in [-0.15, -0.1) is 22.7 Å². The van der Waals surface area contributed by atoms with E-state index in [0.717, 1.165) is 23.4 Å². The molecular formula is C51H36N4S2. The van der Waals surface area contributed by atoms with Crippen molar-refractivity contribution >= 4 is 86.6 Å². The third-order valence-corrected chi connectivity index (χ3v) is 14.2. The maximum Gasteiger partial charge on any atom is 0.131 e. The van der Waals surface area contributed by atoms with Crippen LogP contribution in [0.15, 0.2) is 175 Å². The van der Waals surface area contributed by atoms with Crippen LogP contribution in [0.2, 0.25) is 0 Å². The van der Waals surface area contributed by atoms with Crippen LogP contribution in [0.4, 0.5) is 0 Å². The Hall–Kier alpha value is -6.31. The molecule has 2 aliphatic rings. The van der Waals surface area contributed by atoms with Gasteiger partial charge in [0.2, 0.25) is 0 Å². The number of nitrogens with one attached hydrogen (secondary N) is 2. The molecule has 6 heteroatoms. The summed E-state index contributed by atoms with van der Waals surface area (Å²) < 4.78 is 6.52. The number of thiophene rings is 2. The Morgan fingerprint density at radius 1 is 0.561 bits per heavy atom. The summed E-state index contributed by atoms with van der Waals surface area (Å²) >= 11 is 3.81. The smallest absolute Gasteiger partial charge is 0.131 e. The largest absolute Gasteiger partial charge is 0.350 e. The molecule has 3 aromatic heterocycles. The van der Waals surface area contributed by atoms with Crippen molar-refractivity contribution < 1.29 is 0 Å². The molecule has 7 aromatic carbocycles. The van der Waals surface area contributed by atoms with Gasteiger partial charge in [-0.1, -0.05) is 133 Å². The molecule has 1 aliphatic carbocycles. The fraction of sp³-hybridized carbons (Fsp3) is 0.0784. The van der Waals surface area contributed by atoms with Crippen LogP contribution in [-0.2, 0) is 6.42 Å². The molecular weight excluding hydrogens is 733 g/mol. The minimum Gasteiger partial charge on any atom is -0.350 e. The molecule has 0 bridgehead atoms. The van der Waals surface area contributed by atoms with Crippen LogP contribution in [0.1, 0.15) is 45.5 Å². The van der Waals surface area contributed by atoms with E-state index < -0.39 is 0 Å². The molecule has 1 aliphatic heterocycles. The Morgan fingerprint density at radius 2 is 1.26 bits per heavy atom. The zero-order valence-electron chi connectivity index (χ0n) is 30.9. The maximum absolute atomic E-state index is 5.24. The third-order valence-electron chi connectivity index (χ3n) is 11.8. The molecule has 0 spiro atoms. The Labute approximate surface area is 338 Å². The second-order valence-corrected chi connectivity index (χ2v) is 17.3. The molecule has 4 nitrogen and oxygen atoms in total. The molecule has 0 fully saturated rings. The number of benzene rings is 7. The number of rotatable bonds is 5. The average Bonchev–Trinajstić information content (AvgIpc) is 3.95. The maximum atomic E-state index is 5.24. The van der Waals surface area contributed by atoms with Crippen molar-refractivity contribution in [1.82, 2.24) is 15.2 Å². The first kappa shape index (κ1) is 32.9. The van der Waals surface area contributed by atoms with Gasteiger partial charge in [0.05, 0.1) is 6.04 Å². The number of hydrogen-bond donors (Lipinski definition) is 2. The highest BCUT2D eigenvalue weighted by molar-refractivity contribution is 7.26. The van der Waals surface area contributed by atoms with Gasteiger partial charge < -0.3 is 9.88 Å². The standard InChI is InChI=1S/C51H36N4S2/c1-3-12-31(13-4-1)49-52-50(32-14-5-2-6-15-32)54-51(53-49)34-23-26-47-40(29-34)39-19-11-18-36(48(39)57-47)33-22-25-45-41(28-33)42-30-35(24-27-46(42)56-45)55-43-20-9-7-16-37(43)38-17-8-10-21-44(38)55/h1-29,35,49,51,53H,30H2,(H,52,54). The topological polar surface area (TPSA) is 41.4 Å². The van der Waals surface area contributed by atoms with E-state index in [2.05, 4.69) is 185 Å². The van der Waals surface area contributed by atoms with Crippen LogP contribution in [0.25, 0.3) is 69.3 Å². The van der Waals surface area contributed by atoms with Crippen molar-refractivity contribution in [3.8, 4) is 11.1 Å². The molecule has 2 N–H and O–H groups in total. The Balaban J connectivity index is 0.925. The zero-order valence-corrected chi connectivity index (χ0v) is 32.5. The van der Waals surface area contributed by atoms with Gasteiger partial charge in [0.1, 0.15) is 18.2 Å². The molecule has 0 amide bonds. The lowest BCUT2D eigenvalue weighted by Gasteiger charge is -2.32. The van der Waals surface area contributed by atoms with E-state index in [1.807, 2.05) is 28.7 Å². The molecule has 57 heavy (non-hydrogen) atoms. The van der Waals surface area contributed by atoms with E-state index in [1.165, 1.54) is 79.2 Å². The number of nitrogens with zero attached hydrogens (tertiary/aromatic N) is 2. The summed E-state index contributed by atoms with van der Waals surface area (Å²) in [7, 11) is 0. The quantitative estimate of drug-likeness (QED) is 0.183. The first-order valence-electron chi connectivity index (χ1n) is 19.6. The SMILES string of the molecule is C1=CC(n2c3ccccc3c3ccccc32)Cc2c1sc1ccc(-c3cccc4c3sc3ccc(C5N=C(c6ccccc6)NC(c6ccccc6)N5)cc34)cc21. The zero-order chi connectivity index (χ0) is 37.5. The fourth-order valence-electron chi connectivity index (χ4n) is 9.15. The number of fused-ring (bicyclic) bond motifs is 9. The number of hydrogen-bond acceptors (Lipinski definition) is 5. The summed E-state index contributed by atoms with van der Waals surface area (Å²) in [6.07, 6.45) is 5.47. The molecule has 3 unspecified atom stereocenters. The highest BCUT2D eigenvalue weighted by Crippen LogP contribution is 2.45. The van der Waals surface area contributed by atoms with Crippen molar-refractivity contribution in [2.75, 3.05) is 0 Å². The number of aliphatic imine (C=N–C) groups is 1. The molecule has 272 valence electrons. The van der Waals surface area contributed by atoms with Crippen molar-refractivity contribution in [2.45, 2.75) is 24.8 Å². The lowest BCUT2D eigenvalue weighted by molar-refractivity contribution is 0.409. The Morgan fingerprint density at radius 3 is 2.07 bits per heavy atom. The van der Waals surface area contributed by atoms with Crippen LogP contribution >= 0.6 is 22.7 Å². The summed E-state index contributed by atoms with van der Waals surface area (Å²) in [5, 5.41) is 14.0. The minimum atomic E-state index is -0.207. The van der Waals surface area contributed by atoms with Crippen LogP contribution in [0, 0.1) is 0 Å². The van der Waals surface area contributed by atoms with Crippen molar-refractivity contribution in [1.29, 1.82) is 0 Å². The molecule has 0 radical (unpaired) electrons. The molecule has 12 rings (SSSR count). The number of amidine groups is 1. The van der Waals surface area contributed by atoms with Gasteiger partial charge in [-0.2, -0.15) is 0 Å². The van der Waals surface area contributed by atoms with Gasteiger partial charge >= 0.3 is 0 Å². The first-order chi connectivity index (χ1) is 28.2. The first-order valence-corrected chi connectivity index (χ1v) is 21.2. The van der Waals surface area contributed by atoms with Crippen LogP contribution in [0.3, 0.4) is 0 Å². The highest BCUT2D eigenvalue weighted by Gasteiger charge is 2.27. The van der Waals surface area contributed by atoms with Crippen LogP contribution < -0.4 is 10.6 Å². The number of para-hydroxylation sites is 2. The molecule has 0 saturated carbocycles. The number of allylic oxidation sites excluding steroid dienone is 1.